The number of carbonyl (C=O) groups excluding carboxylic acids is 1. The number of thiophene rings is 1. The summed E-state index contributed by atoms with van der Waals surface area (Å²) in [6.45, 7) is 14.2. The van der Waals surface area contributed by atoms with Crippen molar-refractivity contribution in [1.82, 2.24) is 9.88 Å². The topological polar surface area (TPSA) is 59.2 Å². The molecule has 2 rings (SSSR count). The van der Waals surface area contributed by atoms with Crippen LogP contribution in [0.2, 0.25) is 0 Å². The Hall–Kier alpha value is -1.62. The van der Waals surface area contributed by atoms with Crippen molar-refractivity contribution >= 4 is 33.1 Å². The highest BCUT2D eigenvalue weighted by Crippen LogP contribution is 2.37. The Morgan fingerprint density at radius 3 is 2.14 bits per heavy atom. The number of anilines is 1. The molecule has 2 heterocycles. The second-order valence-corrected chi connectivity index (χ2v) is 7.37. The minimum atomic E-state index is 0.000191. The van der Waals surface area contributed by atoms with Crippen molar-refractivity contribution in [3.05, 3.63) is 21.7 Å². The van der Waals surface area contributed by atoms with Gasteiger partial charge in [0, 0.05) is 23.2 Å². The number of aromatic nitrogens is 1. The van der Waals surface area contributed by atoms with Gasteiger partial charge in [-0.3, -0.25) is 4.79 Å². The Morgan fingerprint density at radius 2 is 1.64 bits per heavy atom. The molecule has 2 N–H and O–H groups in total. The molecule has 2 aromatic rings. The first-order valence-electron chi connectivity index (χ1n) is 7.65. The molecule has 5 heteroatoms. The van der Waals surface area contributed by atoms with Gasteiger partial charge in [0.15, 0.2) is 0 Å². The van der Waals surface area contributed by atoms with Gasteiger partial charge in [-0.25, -0.2) is 4.98 Å². The average molecular weight is 319 g/mol. The number of fused-ring (bicyclic) bond motifs is 1. The number of nitrogen functional groups attached to an aromatic ring is 1. The molecule has 0 aliphatic heterocycles. The maximum Gasteiger partial charge on any atom is 0.266 e. The lowest BCUT2D eigenvalue weighted by Crippen LogP contribution is -2.41. The van der Waals surface area contributed by atoms with Crippen molar-refractivity contribution in [1.29, 1.82) is 0 Å². The van der Waals surface area contributed by atoms with Crippen molar-refractivity contribution in [2.24, 2.45) is 0 Å². The molecule has 0 atom stereocenters. The normalized spacial score (nSPS) is 11.7. The van der Waals surface area contributed by atoms with E-state index in [0.29, 0.717) is 10.6 Å². The number of nitrogens with zero attached hydrogens (tertiary/aromatic N) is 2. The summed E-state index contributed by atoms with van der Waals surface area (Å²) in [5, 5.41) is 0.934. The van der Waals surface area contributed by atoms with Crippen LogP contribution in [-0.2, 0) is 0 Å². The summed E-state index contributed by atoms with van der Waals surface area (Å²) in [7, 11) is 0. The van der Waals surface area contributed by atoms with Gasteiger partial charge in [-0.05, 0) is 59.6 Å². The number of hydrogen-bond acceptors (Lipinski definition) is 4. The van der Waals surface area contributed by atoms with E-state index >= 15 is 0 Å². The van der Waals surface area contributed by atoms with Gasteiger partial charge in [0.25, 0.3) is 5.91 Å². The molecule has 4 nitrogen and oxygen atoms in total. The number of rotatable bonds is 3. The zero-order valence-corrected chi connectivity index (χ0v) is 15.3. The molecule has 1 amide bonds. The second kappa shape index (κ2) is 5.88. The van der Waals surface area contributed by atoms with E-state index < -0.39 is 0 Å². The first-order chi connectivity index (χ1) is 10.2. The van der Waals surface area contributed by atoms with Crippen LogP contribution in [0.3, 0.4) is 0 Å². The summed E-state index contributed by atoms with van der Waals surface area (Å²) in [6.07, 6.45) is 0. The van der Waals surface area contributed by atoms with Crippen LogP contribution in [0.5, 0.6) is 0 Å². The van der Waals surface area contributed by atoms with Crippen LogP contribution in [0, 0.1) is 20.8 Å². The van der Waals surface area contributed by atoms with E-state index in [1.165, 1.54) is 11.3 Å². The lowest BCUT2D eigenvalue weighted by atomic mass is 10.1. The van der Waals surface area contributed by atoms with Crippen LogP contribution in [0.1, 0.15) is 54.2 Å². The van der Waals surface area contributed by atoms with Gasteiger partial charge in [0.1, 0.15) is 9.71 Å². The highest BCUT2D eigenvalue weighted by Gasteiger charge is 2.27. The maximum atomic E-state index is 12.9. The van der Waals surface area contributed by atoms with E-state index in [9.17, 15) is 4.79 Å². The van der Waals surface area contributed by atoms with Crippen molar-refractivity contribution in [2.75, 3.05) is 5.73 Å². The maximum absolute atomic E-state index is 12.9. The molecule has 0 aliphatic carbocycles. The van der Waals surface area contributed by atoms with Gasteiger partial charge < -0.3 is 10.6 Å². The minimum absolute atomic E-state index is 0.000191. The fraction of sp³-hybridized carbons (Fsp3) is 0.529. The molecule has 0 unspecified atom stereocenters. The van der Waals surface area contributed by atoms with Gasteiger partial charge in [-0.15, -0.1) is 11.3 Å². The summed E-state index contributed by atoms with van der Waals surface area (Å²) < 4.78 is 0. The van der Waals surface area contributed by atoms with Crippen molar-refractivity contribution in [3.8, 4) is 0 Å². The summed E-state index contributed by atoms with van der Waals surface area (Å²) in [5.41, 5.74) is 10.2. The number of aryl methyl sites for hydroxylation is 2. The zero-order chi connectivity index (χ0) is 16.8. The Morgan fingerprint density at radius 1 is 1.09 bits per heavy atom. The number of carbonyl (C=O) groups is 1. The molecule has 0 fully saturated rings. The molecule has 120 valence electrons. The number of hydrogen-bond donors (Lipinski definition) is 1. The Kier molecular flexibility index (Phi) is 4.47. The molecule has 0 bridgehead atoms. The average Bonchev–Trinajstić information content (AvgIpc) is 2.72. The monoisotopic (exact) mass is 319 g/mol. The van der Waals surface area contributed by atoms with Gasteiger partial charge in [-0.2, -0.15) is 0 Å². The number of nitrogens with two attached hydrogens (primary N) is 1. The van der Waals surface area contributed by atoms with E-state index in [2.05, 4.69) is 4.98 Å². The third kappa shape index (κ3) is 2.58. The Labute approximate surface area is 136 Å². The quantitative estimate of drug-likeness (QED) is 0.928. The van der Waals surface area contributed by atoms with Gasteiger partial charge in [0.05, 0.1) is 5.69 Å². The number of pyridine rings is 1. The van der Waals surface area contributed by atoms with E-state index in [4.69, 9.17) is 5.73 Å². The summed E-state index contributed by atoms with van der Waals surface area (Å²) >= 11 is 1.40. The fourth-order valence-corrected chi connectivity index (χ4v) is 4.05. The fourth-order valence-electron chi connectivity index (χ4n) is 2.91. The molecule has 0 saturated carbocycles. The van der Waals surface area contributed by atoms with Gasteiger partial charge in [0.2, 0.25) is 0 Å². The van der Waals surface area contributed by atoms with Crippen LogP contribution in [0.4, 0.5) is 5.69 Å². The third-order valence-electron chi connectivity index (χ3n) is 4.22. The first-order valence-corrected chi connectivity index (χ1v) is 8.46. The summed E-state index contributed by atoms with van der Waals surface area (Å²) in [5.74, 6) is 0.000191. The predicted molar refractivity (Wildman–Crippen MR) is 94.7 cm³/mol. The molecular formula is C17H25N3OS. The van der Waals surface area contributed by atoms with Crippen LogP contribution in [-0.4, -0.2) is 27.9 Å². The van der Waals surface area contributed by atoms with Crippen LogP contribution >= 0.6 is 11.3 Å². The molecule has 22 heavy (non-hydrogen) atoms. The van der Waals surface area contributed by atoms with Crippen LogP contribution in [0.15, 0.2) is 0 Å². The minimum Gasteiger partial charge on any atom is -0.397 e. The molecule has 0 spiro atoms. The predicted octanol–water partition coefficient (Wildman–Crippen LogP) is 4.06. The number of amides is 1. The van der Waals surface area contributed by atoms with E-state index in [0.717, 1.165) is 27.0 Å². The zero-order valence-electron chi connectivity index (χ0n) is 14.4. The van der Waals surface area contributed by atoms with Crippen LogP contribution in [0.25, 0.3) is 10.2 Å². The molecular weight excluding hydrogens is 294 g/mol. The van der Waals surface area contributed by atoms with Gasteiger partial charge >= 0.3 is 0 Å². The SMILES string of the molecule is Cc1nc2sc(C(=O)N(C(C)C)C(C)C)c(N)c2c(C)c1C. The van der Waals surface area contributed by atoms with Crippen molar-refractivity contribution < 1.29 is 4.79 Å². The van der Waals surface area contributed by atoms with Crippen molar-refractivity contribution in [2.45, 2.75) is 60.5 Å². The molecule has 0 saturated heterocycles. The first kappa shape index (κ1) is 16.7. The lowest BCUT2D eigenvalue weighted by molar-refractivity contribution is 0.0650. The summed E-state index contributed by atoms with van der Waals surface area (Å²) in [6, 6.07) is 0.268. The highest BCUT2D eigenvalue weighted by molar-refractivity contribution is 7.21. The summed E-state index contributed by atoms with van der Waals surface area (Å²) in [4.78, 5) is 20.9. The van der Waals surface area contributed by atoms with E-state index in [1.54, 1.807) is 0 Å². The standard InChI is InChI=1S/C17H25N3OS/c1-8(2)20(9(3)4)17(21)15-14(18)13-11(6)10(5)12(7)19-16(13)22-15/h8-9H,18H2,1-7H3. The van der Waals surface area contributed by atoms with E-state index in [1.807, 2.05) is 53.4 Å². The second-order valence-electron chi connectivity index (χ2n) is 6.37. The van der Waals surface area contributed by atoms with Crippen molar-refractivity contribution in [3.63, 3.8) is 0 Å². The van der Waals surface area contributed by atoms with Crippen LogP contribution < -0.4 is 5.73 Å². The highest BCUT2D eigenvalue weighted by atomic mass is 32.1. The smallest absolute Gasteiger partial charge is 0.266 e. The molecule has 0 aromatic carbocycles. The third-order valence-corrected chi connectivity index (χ3v) is 5.30. The molecule has 0 aliphatic rings. The Bertz CT molecular complexity index is 723. The largest absolute Gasteiger partial charge is 0.397 e. The Balaban J connectivity index is 2.65. The lowest BCUT2D eigenvalue weighted by Gasteiger charge is -2.30. The van der Waals surface area contributed by atoms with E-state index in [-0.39, 0.29) is 18.0 Å². The molecule has 0 radical (unpaired) electrons. The van der Waals surface area contributed by atoms with Gasteiger partial charge in [-0.1, -0.05) is 0 Å². The molecule has 2 aromatic heterocycles.